The van der Waals surface area contributed by atoms with Gasteiger partial charge in [-0.3, -0.25) is 4.79 Å². The number of carbonyl (C=O) groups is 1. The van der Waals surface area contributed by atoms with Gasteiger partial charge in [0.1, 0.15) is 0 Å². The number of alkyl halides is 3. The predicted octanol–water partition coefficient (Wildman–Crippen LogP) is 2.75. The van der Waals surface area contributed by atoms with Crippen LogP contribution in [0.2, 0.25) is 0 Å². The van der Waals surface area contributed by atoms with Crippen molar-refractivity contribution >= 4 is 5.91 Å². The number of nitrogens with one attached hydrogen (secondary N) is 1. The molecule has 0 saturated carbocycles. The summed E-state index contributed by atoms with van der Waals surface area (Å²) in [5.41, 5.74) is -0.625. The van der Waals surface area contributed by atoms with Crippen molar-refractivity contribution in [3.05, 3.63) is 35.4 Å². The predicted molar refractivity (Wildman–Crippen MR) is 66.8 cm³/mol. The lowest BCUT2D eigenvalue weighted by Gasteiger charge is -2.14. The number of hydrogen-bond acceptors (Lipinski definition) is 2. The van der Waals surface area contributed by atoms with E-state index in [4.69, 9.17) is 4.74 Å². The van der Waals surface area contributed by atoms with Gasteiger partial charge in [-0.05, 0) is 24.0 Å². The summed E-state index contributed by atoms with van der Waals surface area (Å²) in [6.07, 6.45) is -3.28. The molecule has 6 heteroatoms. The molecule has 0 aliphatic carbocycles. The molecule has 0 aromatic heterocycles. The maximum absolute atomic E-state index is 12.8. The number of benzene rings is 1. The van der Waals surface area contributed by atoms with E-state index < -0.39 is 11.7 Å². The van der Waals surface area contributed by atoms with Crippen LogP contribution in [0.25, 0.3) is 0 Å². The Hall–Kier alpha value is -1.56. The Balaban J connectivity index is 1.92. The average molecular weight is 287 g/mol. The molecular weight excluding hydrogens is 271 g/mol. The lowest BCUT2D eigenvalue weighted by molar-refractivity contribution is -0.138. The number of rotatable bonds is 4. The van der Waals surface area contributed by atoms with Crippen LogP contribution in [-0.4, -0.2) is 19.1 Å². The van der Waals surface area contributed by atoms with Crippen LogP contribution in [0.4, 0.5) is 13.2 Å². The molecule has 1 amide bonds. The van der Waals surface area contributed by atoms with Gasteiger partial charge in [-0.2, -0.15) is 13.2 Å². The summed E-state index contributed by atoms with van der Waals surface area (Å²) >= 11 is 0. The molecule has 1 aliphatic heterocycles. The average Bonchev–Trinajstić information content (AvgIpc) is 2.88. The van der Waals surface area contributed by atoms with Crippen LogP contribution >= 0.6 is 0 Å². The smallest absolute Gasteiger partial charge is 0.381 e. The fourth-order valence-electron chi connectivity index (χ4n) is 2.22. The first-order chi connectivity index (χ1) is 9.47. The number of halogens is 3. The van der Waals surface area contributed by atoms with E-state index in [0.29, 0.717) is 19.6 Å². The number of amides is 1. The fourth-order valence-corrected chi connectivity index (χ4v) is 2.22. The van der Waals surface area contributed by atoms with Gasteiger partial charge in [-0.1, -0.05) is 18.2 Å². The summed E-state index contributed by atoms with van der Waals surface area (Å²) in [4.78, 5) is 11.7. The molecule has 0 bridgehead atoms. The summed E-state index contributed by atoms with van der Waals surface area (Å²) < 4.78 is 43.5. The second-order valence-electron chi connectivity index (χ2n) is 4.87. The van der Waals surface area contributed by atoms with Gasteiger partial charge < -0.3 is 10.1 Å². The zero-order valence-electron chi connectivity index (χ0n) is 10.9. The normalized spacial score (nSPS) is 19.1. The number of carbonyl (C=O) groups excluding carboxylic acids is 1. The quantitative estimate of drug-likeness (QED) is 0.924. The molecule has 1 atom stereocenters. The monoisotopic (exact) mass is 287 g/mol. The Labute approximate surface area is 115 Å². The molecule has 1 saturated heterocycles. The first-order valence-electron chi connectivity index (χ1n) is 6.46. The molecule has 20 heavy (non-hydrogen) atoms. The van der Waals surface area contributed by atoms with E-state index >= 15 is 0 Å². The van der Waals surface area contributed by atoms with E-state index in [-0.39, 0.29) is 23.9 Å². The van der Waals surface area contributed by atoms with Crippen molar-refractivity contribution in [2.75, 3.05) is 13.2 Å². The maximum atomic E-state index is 12.8. The molecule has 1 aliphatic rings. The van der Waals surface area contributed by atoms with Crippen LogP contribution in [0.1, 0.15) is 24.0 Å². The van der Waals surface area contributed by atoms with Gasteiger partial charge in [-0.15, -0.1) is 0 Å². The lowest BCUT2D eigenvalue weighted by Crippen LogP contribution is -2.26. The summed E-state index contributed by atoms with van der Waals surface area (Å²) in [7, 11) is 0. The van der Waals surface area contributed by atoms with Crippen LogP contribution in [-0.2, 0) is 22.3 Å². The molecule has 1 heterocycles. The highest BCUT2D eigenvalue weighted by atomic mass is 19.4. The Morgan fingerprint density at radius 3 is 2.75 bits per heavy atom. The van der Waals surface area contributed by atoms with Crippen molar-refractivity contribution in [1.82, 2.24) is 5.32 Å². The number of hydrogen-bond donors (Lipinski definition) is 1. The number of ether oxygens (including phenoxy) is 1. The highest BCUT2D eigenvalue weighted by Gasteiger charge is 2.32. The van der Waals surface area contributed by atoms with Crippen molar-refractivity contribution < 1.29 is 22.7 Å². The first-order valence-corrected chi connectivity index (χ1v) is 6.46. The highest BCUT2D eigenvalue weighted by Crippen LogP contribution is 2.31. The van der Waals surface area contributed by atoms with Crippen LogP contribution in [0.3, 0.4) is 0 Å². The van der Waals surface area contributed by atoms with Gasteiger partial charge in [-0.25, -0.2) is 0 Å². The van der Waals surface area contributed by atoms with Gasteiger partial charge >= 0.3 is 6.18 Å². The van der Waals surface area contributed by atoms with Gasteiger partial charge in [0.05, 0.1) is 5.56 Å². The van der Waals surface area contributed by atoms with E-state index in [1.165, 1.54) is 18.2 Å². The van der Waals surface area contributed by atoms with Crippen molar-refractivity contribution in [1.29, 1.82) is 0 Å². The minimum atomic E-state index is -4.40. The largest absolute Gasteiger partial charge is 0.416 e. The fraction of sp³-hybridized carbons (Fsp3) is 0.500. The summed E-state index contributed by atoms with van der Waals surface area (Å²) in [5.74, 6) is -0.0645. The Kier molecular flexibility index (Phi) is 4.65. The third-order valence-corrected chi connectivity index (χ3v) is 3.30. The van der Waals surface area contributed by atoms with Gasteiger partial charge in [0.15, 0.2) is 0 Å². The second-order valence-corrected chi connectivity index (χ2v) is 4.87. The Bertz CT molecular complexity index is 468. The molecule has 0 unspecified atom stereocenters. The van der Waals surface area contributed by atoms with Crippen LogP contribution < -0.4 is 5.32 Å². The van der Waals surface area contributed by atoms with Crippen LogP contribution in [0.15, 0.2) is 24.3 Å². The summed E-state index contributed by atoms with van der Waals surface area (Å²) in [6, 6.07) is 5.26. The Morgan fingerprint density at radius 2 is 2.10 bits per heavy atom. The van der Waals surface area contributed by atoms with Crippen molar-refractivity contribution in [3.8, 4) is 0 Å². The SMILES string of the molecule is O=C(C[C@@H]1CCOC1)NCc1ccccc1C(F)(F)F. The zero-order valence-corrected chi connectivity index (χ0v) is 10.9. The second kappa shape index (κ2) is 6.26. The topological polar surface area (TPSA) is 38.3 Å². The molecule has 1 fully saturated rings. The molecule has 2 rings (SSSR count). The van der Waals surface area contributed by atoms with Gasteiger partial charge in [0, 0.05) is 26.2 Å². The minimum absolute atomic E-state index is 0.0796. The molecule has 0 spiro atoms. The molecule has 0 radical (unpaired) electrons. The van der Waals surface area contributed by atoms with Crippen molar-refractivity contribution in [2.45, 2.75) is 25.6 Å². The first kappa shape index (κ1) is 14.8. The molecule has 1 N–H and O–H groups in total. The lowest BCUT2D eigenvalue weighted by atomic mass is 10.0. The molecule has 1 aromatic rings. The van der Waals surface area contributed by atoms with Gasteiger partial charge in [0.25, 0.3) is 0 Å². The van der Waals surface area contributed by atoms with Crippen LogP contribution in [0, 0.1) is 5.92 Å². The minimum Gasteiger partial charge on any atom is -0.381 e. The maximum Gasteiger partial charge on any atom is 0.416 e. The van der Waals surface area contributed by atoms with Crippen molar-refractivity contribution in [3.63, 3.8) is 0 Å². The Morgan fingerprint density at radius 1 is 1.35 bits per heavy atom. The summed E-state index contributed by atoms with van der Waals surface area (Å²) in [6.45, 7) is 1.09. The van der Waals surface area contributed by atoms with E-state index in [2.05, 4.69) is 5.32 Å². The summed E-state index contributed by atoms with van der Waals surface area (Å²) in [5, 5.41) is 2.54. The zero-order chi connectivity index (χ0) is 14.6. The molecular formula is C14H16F3NO2. The molecule has 3 nitrogen and oxygen atoms in total. The third-order valence-electron chi connectivity index (χ3n) is 3.30. The standard InChI is InChI=1S/C14H16F3NO2/c15-14(16,17)12-4-2-1-3-11(12)8-18-13(19)7-10-5-6-20-9-10/h1-4,10H,5-9H2,(H,18,19)/t10-/m0/s1. The molecule has 110 valence electrons. The highest BCUT2D eigenvalue weighted by molar-refractivity contribution is 5.76. The van der Waals surface area contributed by atoms with Crippen molar-refractivity contribution in [2.24, 2.45) is 5.92 Å². The third kappa shape index (κ3) is 3.96. The van der Waals surface area contributed by atoms with E-state index in [0.717, 1.165) is 12.5 Å². The van der Waals surface area contributed by atoms with E-state index in [1.807, 2.05) is 0 Å². The van der Waals surface area contributed by atoms with E-state index in [1.54, 1.807) is 0 Å². The van der Waals surface area contributed by atoms with E-state index in [9.17, 15) is 18.0 Å². The van der Waals surface area contributed by atoms with Gasteiger partial charge in [0.2, 0.25) is 5.91 Å². The van der Waals surface area contributed by atoms with Crippen LogP contribution in [0.5, 0.6) is 0 Å². The molecule has 1 aromatic carbocycles.